The van der Waals surface area contributed by atoms with Crippen LogP contribution in [0.1, 0.15) is 19.3 Å². The van der Waals surface area contributed by atoms with Gasteiger partial charge in [0.05, 0.1) is 12.6 Å². The maximum atomic E-state index is 8.74. The SMILES string of the molecule is COc1cccc2c1ccn2CCCCCO. The first-order chi connectivity index (χ1) is 8.36. The number of aliphatic hydroxyl groups is 1. The van der Waals surface area contributed by atoms with Gasteiger partial charge in [-0.15, -0.1) is 0 Å². The quantitative estimate of drug-likeness (QED) is 0.778. The van der Waals surface area contributed by atoms with E-state index in [1.807, 2.05) is 12.1 Å². The van der Waals surface area contributed by atoms with Crippen LogP contribution in [-0.4, -0.2) is 23.4 Å². The highest BCUT2D eigenvalue weighted by Gasteiger charge is 2.04. The zero-order valence-corrected chi connectivity index (χ0v) is 10.2. The van der Waals surface area contributed by atoms with Crippen LogP contribution in [0.2, 0.25) is 0 Å². The van der Waals surface area contributed by atoms with Gasteiger partial charge in [0.25, 0.3) is 0 Å². The molecule has 3 heteroatoms. The molecule has 0 aliphatic rings. The Morgan fingerprint density at radius 3 is 2.82 bits per heavy atom. The first-order valence-corrected chi connectivity index (χ1v) is 6.09. The van der Waals surface area contributed by atoms with Gasteiger partial charge in [0, 0.05) is 24.7 Å². The van der Waals surface area contributed by atoms with Gasteiger partial charge in [0.2, 0.25) is 0 Å². The Morgan fingerprint density at radius 2 is 2.06 bits per heavy atom. The van der Waals surface area contributed by atoms with E-state index in [1.54, 1.807) is 7.11 Å². The van der Waals surface area contributed by atoms with Crippen LogP contribution in [0.5, 0.6) is 5.75 Å². The number of hydrogen-bond donors (Lipinski definition) is 1. The Balaban J connectivity index is 2.13. The zero-order valence-electron chi connectivity index (χ0n) is 10.2. The van der Waals surface area contributed by atoms with Crippen molar-refractivity contribution in [2.75, 3.05) is 13.7 Å². The topological polar surface area (TPSA) is 34.4 Å². The van der Waals surface area contributed by atoms with Crippen molar-refractivity contribution in [1.82, 2.24) is 4.57 Å². The lowest BCUT2D eigenvalue weighted by atomic mass is 10.2. The maximum absolute atomic E-state index is 8.74. The smallest absolute Gasteiger partial charge is 0.128 e. The fraction of sp³-hybridized carbons (Fsp3) is 0.429. The molecule has 2 rings (SSSR count). The Kier molecular flexibility index (Phi) is 4.04. The van der Waals surface area contributed by atoms with Gasteiger partial charge >= 0.3 is 0 Å². The third-order valence-corrected chi connectivity index (χ3v) is 3.05. The van der Waals surface area contributed by atoms with Gasteiger partial charge in [0.1, 0.15) is 5.75 Å². The fourth-order valence-electron chi connectivity index (χ4n) is 2.14. The summed E-state index contributed by atoms with van der Waals surface area (Å²) in [5.74, 6) is 0.927. The number of benzene rings is 1. The van der Waals surface area contributed by atoms with Crippen LogP contribution >= 0.6 is 0 Å². The standard InChI is InChI=1S/C14H19NO2/c1-17-14-7-5-6-13-12(14)8-10-15(13)9-3-2-4-11-16/h5-8,10,16H,2-4,9,11H2,1H3. The van der Waals surface area contributed by atoms with E-state index in [-0.39, 0.29) is 0 Å². The predicted molar refractivity (Wildman–Crippen MR) is 69.4 cm³/mol. The number of hydrogen-bond acceptors (Lipinski definition) is 2. The largest absolute Gasteiger partial charge is 0.496 e. The molecule has 1 aromatic carbocycles. The molecule has 1 aromatic heterocycles. The van der Waals surface area contributed by atoms with Crippen molar-refractivity contribution in [2.45, 2.75) is 25.8 Å². The molecule has 0 bridgehead atoms. The summed E-state index contributed by atoms with van der Waals surface area (Å²) in [6.45, 7) is 1.29. The summed E-state index contributed by atoms with van der Waals surface area (Å²) in [5, 5.41) is 9.90. The average Bonchev–Trinajstić information content (AvgIpc) is 2.78. The molecule has 0 spiro atoms. The van der Waals surface area contributed by atoms with E-state index < -0.39 is 0 Å². The predicted octanol–water partition coefficient (Wildman–Crippen LogP) is 2.81. The van der Waals surface area contributed by atoms with Crippen molar-refractivity contribution in [3.63, 3.8) is 0 Å². The fourth-order valence-corrected chi connectivity index (χ4v) is 2.14. The van der Waals surface area contributed by atoms with Crippen molar-refractivity contribution in [3.8, 4) is 5.75 Å². The monoisotopic (exact) mass is 233 g/mol. The van der Waals surface area contributed by atoms with E-state index in [4.69, 9.17) is 9.84 Å². The molecule has 92 valence electrons. The van der Waals surface area contributed by atoms with Gasteiger partial charge in [-0.1, -0.05) is 6.07 Å². The minimum Gasteiger partial charge on any atom is -0.496 e. The number of rotatable bonds is 6. The molecule has 1 N–H and O–H groups in total. The minimum atomic E-state index is 0.292. The number of aromatic nitrogens is 1. The lowest BCUT2D eigenvalue weighted by molar-refractivity contribution is 0.282. The maximum Gasteiger partial charge on any atom is 0.128 e. The van der Waals surface area contributed by atoms with Gasteiger partial charge < -0.3 is 14.4 Å². The van der Waals surface area contributed by atoms with E-state index in [0.717, 1.165) is 36.9 Å². The van der Waals surface area contributed by atoms with E-state index in [2.05, 4.69) is 22.9 Å². The third-order valence-electron chi connectivity index (χ3n) is 3.05. The summed E-state index contributed by atoms with van der Waals surface area (Å²) >= 11 is 0. The molecule has 0 atom stereocenters. The van der Waals surface area contributed by atoms with Gasteiger partial charge in [-0.05, 0) is 37.5 Å². The molecule has 0 saturated carbocycles. The molecule has 0 saturated heterocycles. The average molecular weight is 233 g/mol. The molecule has 0 unspecified atom stereocenters. The van der Waals surface area contributed by atoms with Gasteiger partial charge in [0.15, 0.2) is 0 Å². The third kappa shape index (κ3) is 2.61. The number of fused-ring (bicyclic) bond motifs is 1. The number of nitrogens with zero attached hydrogens (tertiary/aromatic N) is 1. The van der Waals surface area contributed by atoms with Crippen LogP contribution < -0.4 is 4.74 Å². The second-order valence-electron chi connectivity index (χ2n) is 4.19. The van der Waals surface area contributed by atoms with E-state index in [9.17, 15) is 0 Å². The van der Waals surface area contributed by atoms with Crippen LogP contribution in [0, 0.1) is 0 Å². The number of methoxy groups -OCH3 is 1. The van der Waals surface area contributed by atoms with Crippen molar-refractivity contribution >= 4 is 10.9 Å². The van der Waals surface area contributed by atoms with Crippen molar-refractivity contribution in [3.05, 3.63) is 30.5 Å². The molecule has 2 aromatic rings. The Bertz CT molecular complexity index is 476. The summed E-state index contributed by atoms with van der Waals surface area (Å²) in [5.41, 5.74) is 1.22. The molecule has 0 fully saturated rings. The van der Waals surface area contributed by atoms with E-state index in [1.165, 1.54) is 5.52 Å². The molecule has 3 nitrogen and oxygen atoms in total. The van der Waals surface area contributed by atoms with Crippen molar-refractivity contribution in [1.29, 1.82) is 0 Å². The minimum absolute atomic E-state index is 0.292. The number of aryl methyl sites for hydroxylation is 1. The molecule has 17 heavy (non-hydrogen) atoms. The lowest BCUT2D eigenvalue weighted by Gasteiger charge is -2.06. The second kappa shape index (κ2) is 5.73. The number of ether oxygens (including phenoxy) is 1. The Hall–Kier alpha value is -1.48. The highest BCUT2D eigenvalue weighted by molar-refractivity contribution is 5.86. The molecule has 0 aliphatic carbocycles. The molecule has 1 heterocycles. The van der Waals surface area contributed by atoms with Crippen LogP contribution in [-0.2, 0) is 6.54 Å². The van der Waals surface area contributed by atoms with E-state index in [0.29, 0.717) is 6.61 Å². The van der Waals surface area contributed by atoms with Crippen LogP contribution in [0.25, 0.3) is 10.9 Å². The van der Waals surface area contributed by atoms with Crippen LogP contribution in [0.4, 0.5) is 0 Å². The lowest BCUT2D eigenvalue weighted by Crippen LogP contribution is -1.96. The number of aliphatic hydroxyl groups excluding tert-OH is 1. The zero-order chi connectivity index (χ0) is 12.1. The summed E-state index contributed by atoms with van der Waals surface area (Å²) in [6.07, 6.45) is 5.16. The second-order valence-corrected chi connectivity index (χ2v) is 4.19. The molecule has 0 radical (unpaired) electrons. The van der Waals surface area contributed by atoms with Gasteiger partial charge in [-0.3, -0.25) is 0 Å². The van der Waals surface area contributed by atoms with Gasteiger partial charge in [-0.25, -0.2) is 0 Å². The summed E-state index contributed by atoms with van der Waals surface area (Å²) in [4.78, 5) is 0. The van der Waals surface area contributed by atoms with Crippen molar-refractivity contribution < 1.29 is 9.84 Å². The molecular formula is C14H19NO2. The first kappa shape index (κ1) is 12.0. The molecule has 0 amide bonds. The summed E-state index contributed by atoms with van der Waals surface area (Å²) in [7, 11) is 1.70. The molecule has 0 aliphatic heterocycles. The Morgan fingerprint density at radius 1 is 1.18 bits per heavy atom. The summed E-state index contributed by atoms with van der Waals surface area (Å²) in [6, 6.07) is 8.22. The van der Waals surface area contributed by atoms with Gasteiger partial charge in [-0.2, -0.15) is 0 Å². The highest BCUT2D eigenvalue weighted by atomic mass is 16.5. The molecular weight excluding hydrogens is 214 g/mol. The highest BCUT2D eigenvalue weighted by Crippen LogP contribution is 2.26. The normalized spacial score (nSPS) is 10.9. The number of unbranched alkanes of at least 4 members (excludes halogenated alkanes) is 2. The first-order valence-electron chi connectivity index (χ1n) is 6.09. The van der Waals surface area contributed by atoms with Crippen molar-refractivity contribution in [2.24, 2.45) is 0 Å². The van der Waals surface area contributed by atoms with Crippen LogP contribution in [0.15, 0.2) is 30.5 Å². The van der Waals surface area contributed by atoms with E-state index >= 15 is 0 Å². The Labute approximate surface area is 102 Å². The summed E-state index contributed by atoms with van der Waals surface area (Å²) < 4.78 is 7.58. The van der Waals surface area contributed by atoms with Crippen LogP contribution in [0.3, 0.4) is 0 Å².